The van der Waals surface area contributed by atoms with Crippen molar-refractivity contribution in [3.8, 4) is 0 Å². The van der Waals surface area contributed by atoms with Gasteiger partial charge in [-0.05, 0) is 31.1 Å². The van der Waals surface area contributed by atoms with Gasteiger partial charge in [0.25, 0.3) is 0 Å². The Morgan fingerprint density at radius 3 is 2.50 bits per heavy atom. The smallest absolute Gasteiger partial charge is 0.317 e. The second-order valence-electron chi connectivity index (χ2n) is 8.70. The highest BCUT2D eigenvalue weighted by Crippen LogP contribution is 2.69. The summed E-state index contributed by atoms with van der Waals surface area (Å²) in [6.07, 6.45) is -0.0924. The lowest BCUT2D eigenvalue weighted by Gasteiger charge is -2.58. The van der Waals surface area contributed by atoms with E-state index in [1.807, 2.05) is 20.8 Å². The largest absolute Gasteiger partial charge is 0.462 e. The third kappa shape index (κ3) is 2.02. The van der Waals surface area contributed by atoms with E-state index in [0.717, 1.165) is 0 Å². The average molecular weight is 340 g/mol. The normalized spacial score (nSPS) is 49.3. The Balaban J connectivity index is 2.17. The van der Waals surface area contributed by atoms with Crippen molar-refractivity contribution in [1.29, 1.82) is 0 Å². The van der Waals surface area contributed by atoms with Crippen molar-refractivity contribution >= 4 is 11.9 Å². The van der Waals surface area contributed by atoms with E-state index in [0.29, 0.717) is 12.8 Å². The van der Waals surface area contributed by atoms with E-state index in [2.05, 4.69) is 0 Å². The van der Waals surface area contributed by atoms with Crippen LogP contribution in [0.1, 0.15) is 47.5 Å². The van der Waals surface area contributed by atoms with Crippen molar-refractivity contribution < 1.29 is 28.9 Å². The first-order valence-corrected chi connectivity index (χ1v) is 8.62. The standard InChI is InChI=1S/C18H28O6/c1-9-7-11(23-10(2)19)13-16(3,4)8-17(5)15(20)24-14(22-6)12(9)18(13,17)21/h9,11-14,21H,7-8H2,1-6H3/t9-,11+,12-,13+,14-,17-,18-/m1/s1. The fraction of sp³-hybridized carbons (Fsp3) is 0.889. The molecular weight excluding hydrogens is 312 g/mol. The van der Waals surface area contributed by atoms with Gasteiger partial charge in [0.15, 0.2) is 0 Å². The Morgan fingerprint density at radius 1 is 1.33 bits per heavy atom. The van der Waals surface area contributed by atoms with Gasteiger partial charge in [0.05, 0.1) is 16.9 Å². The van der Waals surface area contributed by atoms with Crippen molar-refractivity contribution in [2.45, 2.75) is 65.5 Å². The Hall–Kier alpha value is -1.14. The maximum absolute atomic E-state index is 12.8. The molecule has 136 valence electrons. The van der Waals surface area contributed by atoms with Crippen LogP contribution in [0.15, 0.2) is 0 Å². The third-order valence-electron chi connectivity index (χ3n) is 6.62. The van der Waals surface area contributed by atoms with Gasteiger partial charge in [0, 0.05) is 20.0 Å². The molecule has 24 heavy (non-hydrogen) atoms. The molecule has 3 rings (SSSR count). The van der Waals surface area contributed by atoms with Gasteiger partial charge in [0.1, 0.15) is 6.10 Å². The van der Waals surface area contributed by atoms with Gasteiger partial charge in [-0.1, -0.05) is 20.8 Å². The Labute approximate surface area is 142 Å². The molecule has 1 saturated heterocycles. The number of aliphatic hydroxyl groups is 1. The first kappa shape index (κ1) is 17.7. The molecule has 2 aliphatic carbocycles. The predicted octanol–water partition coefficient (Wildman–Crippen LogP) is 1.89. The molecule has 0 bridgehead atoms. The molecule has 7 atom stereocenters. The first-order chi connectivity index (χ1) is 11.0. The Bertz CT molecular complexity index is 572. The van der Waals surface area contributed by atoms with Crippen LogP contribution in [0.25, 0.3) is 0 Å². The molecule has 0 radical (unpaired) electrons. The maximum atomic E-state index is 12.8. The van der Waals surface area contributed by atoms with Gasteiger partial charge in [0.2, 0.25) is 6.29 Å². The molecule has 0 aromatic rings. The summed E-state index contributed by atoms with van der Waals surface area (Å²) in [5, 5.41) is 11.9. The van der Waals surface area contributed by atoms with Crippen molar-refractivity contribution in [1.82, 2.24) is 0 Å². The van der Waals surface area contributed by atoms with Crippen LogP contribution in [0.5, 0.6) is 0 Å². The fourth-order valence-corrected chi connectivity index (χ4v) is 6.09. The van der Waals surface area contributed by atoms with Crippen LogP contribution in [0.2, 0.25) is 0 Å². The molecule has 0 spiro atoms. The van der Waals surface area contributed by atoms with E-state index in [-0.39, 0.29) is 29.1 Å². The van der Waals surface area contributed by atoms with Gasteiger partial charge < -0.3 is 19.3 Å². The Kier molecular flexibility index (Phi) is 3.81. The lowest BCUT2D eigenvalue weighted by molar-refractivity contribution is -0.301. The molecular formula is C18H28O6. The average Bonchev–Trinajstić information content (AvgIpc) is 2.59. The molecule has 1 aliphatic heterocycles. The van der Waals surface area contributed by atoms with Crippen molar-refractivity contribution in [3.05, 3.63) is 0 Å². The zero-order valence-corrected chi connectivity index (χ0v) is 15.3. The lowest BCUT2D eigenvalue weighted by Crippen LogP contribution is -2.70. The van der Waals surface area contributed by atoms with Gasteiger partial charge in [-0.2, -0.15) is 0 Å². The second-order valence-corrected chi connectivity index (χ2v) is 8.70. The molecule has 0 amide bonds. The number of carbonyl (C=O) groups is 2. The van der Waals surface area contributed by atoms with Crippen molar-refractivity contribution in [2.75, 3.05) is 7.11 Å². The van der Waals surface area contributed by atoms with Crippen LogP contribution in [0.4, 0.5) is 0 Å². The zero-order chi connectivity index (χ0) is 18.1. The zero-order valence-electron chi connectivity index (χ0n) is 15.3. The summed E-state index contributed by atoms with van der Waals surface area (Å²) in [6, 6.07) is 0. The summed E-state index contributed by atoms with van der Waals surface area (Å²) in [5.41, 5.74) is -2.73. The van der Waals surface area contributed by atoms with E-state index >= 15 is 0 Å². The number of rotatable bonds is 2. The van der Waals surface area contributed by atoms with Gasteiger partial charge in [-0.3, -0.25) is 9.59 Å². The lowest BCUT2D eigenvalue weighted by atomic mass is 9.54. The number of hydrogen-bond acceptors (Lipinski definition) is 6. The summed E-state index contributed by atoms with van der Waals surface area (Å²) >= 11 is 0. The number of hydrogen-bond donors (Lipinski definition) is 1. The van der Waals surface area contributed by atoms with E-state index in [4.69, 9.17) is 14.2 Å². The molecule has 0 aromatic carbocycles. The highest BCUT2D eigenvalue weighted by atomic mass is 16.7. The number of carbonyl (C=O) groups excluding carboxylic acids is 2. The van der Waals surface area contributed by atoms with Gasteiger partial charge in [-0.15, -0.1) is 0 Å². The number of ether oxygens (including phenoxy) is 3. The molecule has 3 aliphatic rings. The topological polar surface area (TPSA) is 82.1 Å². The van der Waals surface area contributed by atoms with Crippen LogP contribution in [-0.4, -0.2) is 42.1 Å². The van der Waals surface area contributed by atoms with Crippen molar-refractivity contribution in [3.63, 3.8) is 0 Å². The molecule has 1 heterocycles. The third-order valence-corrected chi connectivity index (χ3v) is 6.62. The van der Waals surface area contributed by atoms with Gasteiger partial charge in [-0.25, -0.2) is 0 Å². The summed E-state index contributed by atoms with van der Waals surface area (Å²) < 4.78 is 16.6. The highest BCUT2D eigenvalue weighted by molar-refractivity contribution is 5.80. The minimum Gasteiger partial charge on any atom is -0.462 e. The molecule has 2 saturated carbocycles. The van der Waals surface area contributed by atoms with E-state index in [1.165, 1.54) is 14.0 Å². The molecule has 3 fully saturated rings. The molecule has 6 nitrogen and oxygen atoms in total. The van der Waals surface area contributed by atoms with Crippen LogP contribution < -0.4 is 0 Å². The van der Waals surface area contributed by atoms with E-state index < -0.39 is 29.4 Å². The predicted molar refractivity (Wildman–Crippen MR) is 84.7 cm³/mol. The quantitative estimate of drug-likeness (QED) is 0.773. The maximum Gasteiger partial charge on any atom is 0.317 e. The number of cyclic esters (lactones) is 1. The SMILES string of the molecule is CO[C@@H]1OC(=O)[C@@]2(C)CC(C)(C)[C@@H]3[C@@H](OC(C)=O)C[C@@H](C)[C@H]1[C@@]32O. The summed E-state index contributed by atoms with van der Waals surface area (Å²) in [5.74, 6) is -1.49. The Morgan fingerprint density at radius 2 is 1.96 bits per heavy atom. The summed E-state index contributed by atoms with van der Waals surface area (Å²) in [4.78, 5) is 24.4. The van der Waals surface area contributed by atoms with Crippen LogP contribution >= 0.6 is 0 Å². The molecule has 0 unspecified atom stereocenters. The van der Waals surface area contributed by atoms with E-state index in [9.17, 15) is 14.7 Å². The van der Waals surface area contributed by atoms with Crippen LogP contribution in [-0.2, 0) is 23.8 Å². The summed E-state index contributed by atoms with van der Waals surface area (Å²) in [7, 11) is 1.49. The second kappa shape index (κ2) is 5.18. The molecule has 0 aromatic heterocycles. The minimum atomic E-state index is -1.33. The van der Waals surface area contributed by atoms with Crippen LogP contribution in [0.3, 0.4) is 0 Å². The summed E-state index contributed by atoms with van der Waals surface area (Å²) in [6.45, 7) is 9.20. The fourth-order valence-electron chi connectivity index (χ4n) is 6.09. The van der Waals surface area contributed by atoms with Gasteiger partial charge >= 0.3 is 11.9 Å². The monoisotopic (exact) mass is 340 g/mol. The first-order valence-electron chi connectivity index (χ1n) is 8.62. The number of esters is 2. The molecule has 1 N–H and O–H groups in total. The number of methoxy groups -OCH3 is 1. The minimum absolute atomic E-state index is 0.0122. The highest BCUT2D eigenvalue weighted by Gasteiger charge is 2.78. The van der Waals surface area contributed by atoms with Crippen LogP contribution in [0, 0.1) is 28.6 Å². The van der Waals surface area contributed by atoms with Crippen molar-refractivity contribution in [2.24, 2.45) is 28.6 Å². The van der Waals surface area contributed by atoms with E-state index in [1.54, 1.807) is 6.92 Å². The molecule has 6 heteroatoms.